The van der Waals surface area contributed by atoms with Crippen molar-refractivity contribution in [1.82, 2.24) is 19.9 Å². The maximum Gasteiger partial charge on any atom is 0.227 e. The molecule has 1 aliphatic carbocycles. The molecule has 5 nitrogen and oxygen atoms in total. The van der Waals surface area contributed by atoms with Crippen molar-refractivity contribution < 1.29 is 4.42 Å². The van der Waals surface area contributed by atoms with Crippen LogP contribution in [0.15, 0.2) is 174 Å². The summed E-state index contributed by atoms with van der Waals surface area (Å²) in [6, 6.07) is 59.2. The summed E-state index contributed by atoms with van der Waals surface area (Å²) >= 11 is 0. The van der Waals surface area contributed by atoms with Crippen LogP contribution in [0.1, 0.15) is 25.0 Å². The van der Waals surface area contributed by atoms with Crippen LogP contribution in [0.25, 0.3) is 101 Å². The van der Waals surface area contributed by atoms with Crippen LogP contribution in [-0.4, -0.2) is 19.9 Å². The first-order valence-electron chi connectivity index (χ1n) is 19.0. The SMILES string of the molecule is CC1(C)c2ccccc2-c2ccc(-c3nc(-c4ccccc4)nc(-c4ccc5ccc(-c6cccc7ccc8nc(-c9ccccc9)oc8c67)cc5c4)n3)cc21. The van der Waals surface area contributed by atoms with Crippen molar-refractivity contribution in [2.24, 2.45) is 0 Å². The van der Waals surface area contributed by atoms with E-state index < -0.39 is 0 Å². The van der Waals surface area contributed by atoms with Gasteiger partial charge in [0.2, 0.25) is 5.89 Å². The zero-order chi connectivity index (χ0) is 37.4. The Hall–Kier alpha value is -7.24. The van der Waals surface area contributed by atoms with Gasteiger partial charge in [0, 0.05) is 33.1 Å². The Labute approximate surface area is 324 Å². The lowest BCUT2D eigenvalue weighted by molar-refractivity contribution is 0.623. The largest absolute Gasteiger partial charge is 0.435 e. The average molecular weight is 719 g/mol. The fourth-order valence-electron chi connectivity index (χ4n) is 8.45. The molecule has 0 aliphatic heterocycles. The monoisotopic (exact) mass is 718 g/mol. The van der Waals surface area contributed by atoms with Gasteiger partial charge in [-0.3, -0.25) is 0 Å². The molecule has 8 aromatic carbocycles. The number of hydrogen-bond acceptors (Lipinski definition) is 5. The molecule has 0 unspecified atom stereocenters. The minimum Gasteiger partial charge on any atom is -0.435 e. The number of benzene rings is 8. The molecule has 10 aromatic rings. The molecule has 0 spiro atoms. The van der Waals surface area contributed by atoms with Crippen LogP contribution in [0.3, 0.4) is 0 Å². The van der Waals surface area contributed by atoms with E-state index in [0.717, 1.165) is 66.0 Å². The average Bonchev–Trinajstić information content (AvgIpc) is 3.80. The number of aromatic nitrogens is 4. The smallest absolute Gasteiger partial charge is 0.227 e. The summed E-state index contributed by atoms with van der Waals surface area (Å²) in [7, 11) is 0. The second-order valence-electron chi connectivity index (χ2n) is 15.1. The zero-order valence-electron chi connectivity index (χ0n) is 30.9. The number of hydrogen-bond donors (Lipinski definition) is 0. The summed E-state index contributed by atoms with van der Waals surface area (Å²) in [6.07, 6.45) is 0. The van der Waals surface area contributed by atoms with Gasteiger partial charge >= 0.3 is 0 Å². The molecule has 0 atom stereocenters. The van der Waals surface area contributed by atoms with Crippen LogP contribution in [0, 0.1) is 0 Å². The molecule has 0 saturated carbocycles. The Balaban J connectivity index is 1.04. The van der Waals surface area contributed by atoms with Gasteiger partial charge in [0.05, 0.1) is 0 Å². The van der Waals surface area contributed by atoms with E-state index in [9.17, 15) is 0 Å². The van der Waals surface area contributed by atoms with Crippen molar-refractivity contribution in [3.8, 4) is 67.9 Å². The quantitative estimate of drug-likeness (QED) is 0.177. The fraction of sp³-hybridized carbons (Fsp3) is 0.0588. The zero-order valence-corrected chi connectivity index (χ0v) is 30.9. The van der Waals surface area contributed by atoms with E-state index in [-0.39, 0.29) is 5.41 Å². The first kappa shape index (κ1) is 32.2. The summed E-state index contributed by atoms with van der Waals surface area (Å²) in [6.45, 7) is 4.60. The molecule has 2 heterocycles. The third kappa shape index (κ3) is 5.16. The molecule has 1 aliphatic rings. The van der Waals surface area contributed by atoms with Crippen LogP contribution in [0.2, 0.25) is 0 Å². The van der Waals surface area contributed by atoms with Gasteiger partial charge in [0.1, 0.15) is 5.52 Å². The molecule has 56 heavy (non-hydrogen) atoms. The van der Waals surface area contributed by atoms with E-state index in [1.165, 1.54) is 22.3 Å². The highest BCUT2D eigenvalue weighted by atomic mass is 16.3. The van der Waals surface area contributed by atoms with Gasteiger partial charge in [0.15, 0.2) is 23.1 Å². The second-order valence-corrected chi connectivity index (χ2v) is 15.1. The van der Waals surface area contributed by atoms with Crippen molar-refractivity contribution >= 4 is 32.6 Å². The van der Waals surface area contributed by atoms with Gasteiger partial charge < -0.3 is 4.42 Å². The number of rotatable bonds is 5. The van der Waals surface area contributed by atoms with E-state index in [1.807, 2.05) is 54.6 Å². The molecule has 0 N–H and O–H groups in total. The molecule has 2 aromatic heterocycles. The standard InChI is InChI=1S/C51H34N4O/c1-51(2)42-19-10-9-17-40(42)41-26-24-37(30-43(41)51)49-54-47(33-12-5-3-6-13-33)53-48(55-49)36-23-21-31-20-22-35(28-38(31)29-36)39-18-11-16-32-25-27-44-46(45(32)39)56-50(52-44)34-14-7-4-8-15-34/h3-30H,1-2H3. The predicted molar refractivity (Wildman–Crippen MR) is 227 cm³/mol. The van der Waals surface area contributed by atoms with Crippen molar-refractivity contribution in [3.63, 3.8) is 0 Å². The first-order valence-corrected chi connectivity index (χ1v) is 19.0. The van der Waals surface area contributed by atoms with E-state index in [1.54, 1.807) is 0 Å². The molecule has 0 amide bonds. The minimum absolute atomic E-state index is 0.135. The lowest BCUT2D eigenvalue weighted by Crippen LogP contribution is -2.15. The Kier molecular flexibility index (Phi) is 7.13. The van der Waals surface area contributed by atoms with Crippen LogP contribution >= 0.6 is 0 Å². The number of nitrogens with zero attached hydrogens (tertiary/aromatic N) is 4. The van der Waals surface area contributed by atoms with Gasteiger partial charge in [0.25, 0.3) is 0 Å². The molecule has 0 fully saturated rings. The Morgan fingerprint density at radius 1 is 0.393 bits per heavy atom. The Morgan fingerprint density at radius 2 is 0.982 bits per heavy atom. The summed E-state index contributed by atoms with van der Waals surface area (Å²) in [4.78, 5) is 20.2. The van der Waals surface area contributed by atoms with E-state index >= 15 is 0 Å². The van der Waals surface area contributed by atoms with Crippen LogP contribution in [0.4, 0.5) is 0 Å². The van der Waals surface area contributed by atoms with Crippen molar-refractivity contribution in [2.75, 3.05) is 0 Å². The lowest BCUT2D eigenvalue weighted by atomic mass is 9.82. The maximum absolute atomic E-state index is 6.51. The summed E-state index contributed by atoms with van der Waals surface area (Å²) in [5.74, 6) is 2.54. The summed E-state index contributed by atoms with van der Waals surface area (Å²) in [5.41, 5.74) is 12.6. The van der Waals surface area contributed by atoms with Gasteiger partial charge in [-0.2, -0.15) is 0 Å². The van der Waals surface area contributed by atoms with Gasteiger partial charge in [-0.15, -0.1) is 0 Å². The summed E-state index contributed by atoms with van der Waals surface area (Å²) in [5, 5.41) is 4.37. The number of oxazole rings is 1. The third-order valence-corrected chi connectivity index (χ3v) is 11.3. The van der Waals surface area contributed by atoms with Gasteiger partial charge in [-0.25, -0.2) is 19.9 Å². The molecule has 5 heteroatoms. The summed E-state index contributed by atoms with van der Waals surface area (Å²) < 4.78 is 6.51. The molecule has 0 bridgehead atoms. The Morgan fingerprint density at radius 3 is 1.77 bits per heavy atom. The van der Waals surface area contributed by atoms with Crippen molar-refractivity contribution in [3.05, 3.63) is 181 Å². The molecular formula is C51H34N4O. The Bertz CT molecular complexity index is 3170. The maximum atomic E-state index is 6.51. The van der Waals surface area contributed by atoms with Crippen LogP contribution in [0.5, 0.6) is 0 Å². The van der Waals surface area contributed by atoms with E-state index in [0.29, 0.717) is 23.4 Å². The second kappa shape index (κ2) is 12.4. The van der Waals surface area contributed by atoms with Crippen molar-refractivity contribution in [1.29, 1.82) is 0 Å². The third-order valence-electron chi connectivity index (χ3n) is 11.3. The lowest BCUT2D eigenvalue weighted by Gasteiger charge is -2.21. The molecule has 11 rings (SSSR count). The van der Waals surface area contributed by atoms with E-state index in [2.05, 4.69) is 129 Å². The van der Waals surface area contributed by atoms with E-state index in [4.69, 9.17) is 24.4 Å². The molecule has 0 saturated heterocycles. The highest BCUT2D eigenvalue weighted by molar-refractivity contribution is 6.12. The molecule has 264 valence electrons. The fourth-order valence-corrected chi connectivity index (χ4v) is 8.45. The highest BCUT2D eigenvalue weighted by Crippen LogP contribution is 2.49. The topological polar surface area (TPSA) is 64.7 Å². The highest BCUT2D eigenvalue weighted by Gasteiger charge is 2.35. The normalized spacial score (nSPS) is 13.0. The first-order chi connectivity index (χ1) is 27.5. The number of fused-ring (bicyclic) bond motifs is 7. The molecular weight excluding hydrogens is 685 g/mol. The van der Waals surface area contributed by atoms with Crippen LogP contribution < -0.4 is 0 Å². The van der Waals surface area contributed by atoms with Crippen LogP contribution in [-0.2, 0) is 5.41 Å². The van der Waals surface area contributed by atoms with Gasteiger partial charge in [-0.05, 0) is 85.9 Å². The molecule has 0 radical (unpaired) electrons. The predicted octanol–water partition coefficient (Wildman–Crippen LogP) is 13.0. The van der Waals surface area contributed by atoms with Gasteiger partial charge in [-0.1, -0.05) is 147 Å². The minimum atomic E-state index is -0.135. The van der Waals surface area contributed by atoms with Crippen molar-refractivity contribution in [2.45, 2.75) is 19.3 Å².